The van der Waals surface area contributed by atoms with Gasteiger partial charge < -0.3 is 21.1 Å². The van der Waals surface area contributed by atoms with Crippen molar-refractivity contribution in [3.8, 4) is 11.1 Å². The number of pyridine rings is 1. The van der Waals surface area contributed by atoms with Gasteiger partial charge in [0.25, 0.3) is 5.56 Å². The number of anilines is 2. The summed E-state index contributed by atoms with van der Waals surface area (Å²) < 4.78 is 48.0. The number of alkyl halides is 3. The van der Waals surface area contributed by atoms with Gasteiger partial charge in [-0.3, -0.25) is 9.20 Å². The molecule has 11 nitrogen and oxygen atoms in total. The maximum absolute atomic E-state index is 14.8. The van der Waals surface area contributed by atoms with Crippen LogP contribution in [-0.2, 0) is 4.79 Å². The van der Waals surface area contributed by atoms with Crippen molar-refractivity contribution in [3.05, 3.63) is 76.4 Å². The lowest BCUT2D eigenvalue weighted by Gasteiger charge is -2.19. The van der Waals surface area contributed by atoms with Crippen molar-refractivity contribution in [1.82, 2.24) is 29.3 Å². The zero-order valence-electron chi connectivity index (χ0n) is 20.3. The van der Waals surface area contributed by atoms with Gasteiger partial charge in [-0.2, -0.15) is 23.1 Å². The Morgan fingerprint density at radius 3 is 2.49 bits per heavy atom. The first-order valence-electron chi connectivity index (χ1n) is 11.2. The summed E-state index contributed by atoms with van der Waals surface area (Å²) in [6.45, 7) is 3.63. The largest absolute Gasteiger partial charge is 0.490 e. The van der Waals surface area contributed by atoms with Gasteiger partial charge in [0.1, 0.15) is 17.0 Å². The normalized spacial score (nSPS) is 12.2. The third-order valence-electron chi connectivity index (χ3n) is 5.52. The van der Waals surface area contributed by atoms with E-state index in [2.05, 4.69) is 25.3 Å². The van der Waals surface area contributed by atoms with Gasteiger partial charge in [-0.15, -0.1) is 0 Å². The first-order valence-corrected chi connectivity index (χ1v) is 11.2. The molecule has 4 aromatic heterocycles. The highest BCUT2D eigenvalue weighted by molar-refractivity contribution is 5.84. The van der Waals surface area contributed by atoms with Gasteiger partial charge in [-0.25, -0.2) is 19.2 Å². The van der Waals surface area contributed by atoms with Crippen molar-refractivity contribution in [2.75, 3.05) is 11.1 Å². The summed E-state index contributed by atoms with van der Waals surface area (Å²) in [6, 6.07) is 11.0. The third kappa shape index (κ3) is 5.46. The van der Waals surface area contributed by atoms with Gasteiger partial charge in [-0.05, 0) is 32.0 Å². The number of carboxylic acids is 1. The molecule has 5 rings (SSSR count). The summed E-state index contributed by atoms with van der Waals surface area (Å²) in [4.78, 5) is 42.6. The molecule has 39 heavy (non-hydrogen) atoms. The number of nitrogens with two attached hydrogens (primary N) is 1. The van der Waals surface area contributed by atoms with Crippen LogP contribution in [0.3, 0.4) is 0 Å². The molecule has 4 heterocycles. The number of nitrogens with one attached hydrogen (secondary N) is 2. The van der Waals surface area contributed by atoms with Crippen LogP contribution in [0.5, 0.6) is 0 Å². The molecule has 1 unspecified atom stereocenters. The fourth-order valence-electron chi connectivity index (χ4n) is 3.81. The van der Waals surface area contributed by atoms with E-state index in [4.69, 9.17) is 20.6 Å². The fraction of sp³-hybridized carbons (Fsp3) is 0.167. The van der Waals surface area contributed by atoms with Crippen molar-refractivity contribution < 1.29 is 27.5 Å². The molecule has 0 aliphatic carbocycles. The minimum absolute atomic E-state index is 0.0517. The number of fused-ring (bicyclic) bond motifs is 2. The predicted molar refractivity (Wildman–Crippen MR) is 133 cm³/mol. The number of H-pyrrole nitrogens is 1. The molecular formula is C24H20F4N8O3. The number of imidazole rings is 1. The quantitative estimate of drug-likeness (QED) is 0.246. The number of hydrogen-bond acceptors (Lipinski definition) is 8. The smallest absolute Gasteiger partial charge is 0.475 e. The topological polar surface area (TPSA) is 164 Å². The zero-order valence-corrected chi connectivity index (χ0v) is 20.3. The summed E-state index contributed by atoms with van der Waals surface area (Å²) in [5, 5.41) is 10.4. The SMILES string of the molecule is Cc1cccc2nc(C(C)Nc3nc(N)nc4nc[nH]c34)c(-c3ccccc3F)c(=O)n12.O=C(O)C(F)(F)F. The van der Waals surface area contributed by atoms with Gasteiger partial charge in [0.05, 0.1) is 23.6 Å². The number of benzene rings is 1. The van der Waals surface area contributed by atoms with Crippen molar-refractivity contribution in [2.24, 2.45) is 0 Å². The van der Waals surface area contributed by atoms with Gasteiger partial charge in [0.2, 0.25) is 5.95 Å². The van der Waals surface area contributed by atoms with Gasteiger partial charge >= 0.3 is 12.1 Å². The van der Waals surface area contributed by atoms with E-state index in [-0.39, 0.29) is 22.6 Å². The molecule has 0 saturated carbocycles. The van der Waals surface area contributed by atoms with Crippen LogP contribution in [0.25, 0.3) is 27.9 Å². The lowest BCUT2D eigenvalue weighted by molar-refractivity contribution is -0.192. The number of aryl methyl sites for hydroxylation is 1. The van der Waals surface area contributed by atoms with E-state index in [0.29, 0.717) is 34.0 Å². The van der Waals surface area contributed by atoms with Gasteiger partial charge in [0, 0.05) is 11.3 Å². The van der Waals surface area contributed by atoms with Crippen LogP contribution in [0.1, 0.15) is 24.4 Å². The Kier molecular flexibility index (Phi) is 7.16. The predicted octanol–water partition coefficient (Wildman–Crippen LogP) is 3.86. The summed E-state index contributed by atoms with van der Waals surface area (Å²) >= 11 is 0. The van der Waals surface area contributed by atoms with E-state index >= 15 is 0 Å². The van der Waals surface area contributed by atoms with Crippen molar-refractivity contribution in [2.45, 2.75) is 26.1 Å². The van der Waals surface area contributed by atoms with Gasteiger partial charge in [0.15, 0.2) is 11.5 Å². The molecule has 0 aliphatic heterocycles. The Hall–Kier alpha value is -5.08. The first-order chi connectivity index (χ1) is 18.4. The van der Waals surface area contributed by atoms with Gasteiger partial charge in [-0.1, -0.05) is 24.3 Å². The first kappa shape index (κ1) is 27.0. The van der Waals surface area contributed by atoms with Crippen LogP contribution in [0.4, 0.5) is 29.3 Å². The lowest BCUT2D eigenvalue weighted by atomic mass is 10.0. The molecule has 0 radical (unpaired) electrons. The maximum Gasteiger partial charge on any atom is 0.490 e. The van der Waals surface area contributed by atoms with Crippen molar-refractivity contribution in [1.29, 1.82) is 0 Å². The number of nitrogen functional groups attached to an aromatic ring is 1. The molecule has 202 valence electrons. The Morgan fingerprint density at radius 2 is 1.82 bits per heavy atom. The number of hydrogen-bond donors (Lipinski definition) is 4. The third-order valence-corrected chi connectivity index (χ3v) is 5.52. The number of rotatable bonds is 4. The minimum Gasteiger partial charge on any atom is -0.475 e. The Bertz CT molecular complexity index is 1750. The molecule has 0 aliphatic rings. The fourth-order valence-corrected chi connectivity index (χ4v) is 3.81. The monoisotopic (exact) mass is 544 g/mol. The molecule has 0 amide bonds. The Labute approximate surface area is 216 Å². The van der Waals surface area contributed by atoms with Crippen molar-refractivity contribution >= 4 is 34.5 Å². The second-order valence-electron chi connectivity index (χ2n) is 8.22. The number of carbonyl (C=O) groups is 1. The summed E-state index contributed by atoms with van der Waals surface area (Å²) in [7, 11) is 0. The zero-order chi connectivity index (χ0) is 28.5. The van der Waals surface area contributed by atoms with Crippen LogP contribution in [0, 0.1) is 12.7 Å². The van der Waals surface area contributed by atoms with E-state index in [0.717, 1.165) is 0 Å². The Morgan fingerprint density at radius 1 is 1.13 bits per heavy atom. The van der Waals surface area contributed by atoms with Crippen LogP contribution in [-0.4, -0.2) is 46.6 Å². The average Bonchev–Trinajstić information content (AvgIpc) is 3.33. The molecule has 5 N–H and O–H groups in total. The van der Waals surface area contributed by atoms with Crippen LogP contribution < -0.4 is 16.6 Å². The van der Waals surface area contributed by atoms with E-state index in [1.165, 1.54) is 16.8 Å². The second kappa shape index (κ2) is 10.4. The molecule has 0 fully saturated rings. The number of nitrogens with zero attached hydrogens (tertiary/aromatic N) is 5. The maximum atomic E-state index is 14.8. The highest BCUT2D eigenvalue weighted by Crippen LogP contribution is 2.30. The highest BCUT2D eigenvalue weighted by Gasteiger charge is 2.38. The molecule has 1 atom stereocenters. The van der Waals surface area contributed by atoms with E-state index in [1.807, 2.05) is 13.0 Å². The van der Waals surface area contributed by atoms with E-state index < -0.39 is 24.0 Å². The average molecular weight is 544 g/mol. The van der Waals surface area contributed by atoms with Crippen LogP contribution in [0.15, 0.2) is 53.6 Å². The number of aromatic nitrogens is 6. The lowest BCUT2D eigenvalue weighted by Crippen LogP contribution is -2.24. The molecule has 1 aromatic carbocycles. The van der Waals surface area contributed by atoms with Crippen LogP contribution >= 0.6 is 0 Å². The molecular weight excluding hydrogens is 524 g/mol. The van der Waals surface area contributed by atoms with Crippen LogP contribution in [0.2, 0.25) is 0 Å². The summed E-state index contributed by atoms with van der Waals surface area (Å²) in [6.07, 6.45) is -3.59. The highest BCUT2D eigenvalue weighted by atomic mass is 19.4. The number of carboxylic acid groups (broad SMARTS) is 1. The molecule has 5 aromatic rings. The molecule has 15 heteroatoms. The molecule has 0 bridgehead atoms. The minimum atomic E-state index is -5.08. The standard InChI is InChI=1S/C22H19FN8O.C2HF3O2/c1-11-6-5-9-15-28-17(16(21(32)31(11)15)13-7-3-4-8-14(13)23)12(2)27-20-18-19(26-10-25-18)29-22(24)30-20;3-2(4,5)1(6)7/h3-10,12H,1-2H3,(H4,24,25,26,27,29,30);(H,6,7). The number of aromatic amines is 1. The van der Waals surface area contributed by atoms with E-state index in [1.54, 1.807) is 37.3 Å². The number of halogens is 4. The number of aliphatic carboxylic acids is 1. The summed E-state index contributed by atoms with van der Waals surface area (Å²) in [5.74, 6) is -2.80. The molecule has 0 saturated heterocycles. The Balaban J connectivity index is 0.000000448. The van der Waals surface area contributed by atoms with E-state index in [9.17, 15) is 22.4 Å². The molecule has 0 spiro atoms. The summed E-state index contributed by atoms with van der Waals surface area (Å²) in [5.41, 5.74) is 8.35. The second-order valence-corrected chi connectivity index (χ2v) is 8.22. The van der Waals surface area contributed by atoms with Crippen molar-refractivity contribution in [3.63, 3.8) is 0 Å².